The number of amides is 1. The van der Waals surface area contributed by atoms with E-state index in [4.69, 9.17) is 0 Å². The minimum absolute atomic E-state index is 0.192. The lowest BCUT2D eigenvalue weighted by atomic mass is 9.75. The maximum absolute atomic E-state index is 12.9. The Hall–Kier alpha value is -1.10. The molecular weight excluding hydrogens is 268 g/mol. The number of nitrogens with one attached hydrogen (secondary N) is 1. The van der Waals surface area contributed by atoms with Gasteiger partial charge in [-0.05, 0) is 45.1 Å². The first-order valence-corrected chi connectivity index (χ1v) is 8.27. The zero-order valence-electron chi connectivity index (χ0n) is 13.3. The maximum Gasteiger partial charge on any atom is 0.309 e. The fourth-order valence-electron chi connectivity index (χ4n) is 3.90. The number of hydrogen-bond donors (Lipinski definition) is 2. The van der Waals surface area contributed by atoms with Crippen LogP contribution in [0.2, 0.25) is 0 Å². The van der Waals surface area contributed by atoms with Gasteiger partial charge in [0.2, 0.25) is 5.91 Å². The molecule has 1 atom stereocenters. The number of carbonyl (C=O) groups is 2. The van der Waals surface area contributed by atoms with Gasteiger partial charge in [-0.1, -0.05) is 20.3 Å². The highest BCUT2D eigenvalue weighted by molar-refractivity contribution is 5.87. The van der Waals surface area contributed by atoms with Crippen LogP contribution in [0.15, 0.2) is 0 Å². The second-order valence-electron chi connectivity index (χ2n) is 6.59. The van der Waals surface area contributed by atoms with Crippen LogP contribution < -0.4 is 5.32 Å². The fourth-order valence-corrected chi connectivity index (χ4v) is 3.90. The molecule has 0 bridgehead atoms. The molecule has 2 aliphatic rings. The number of piperidine rings is 1. The maximum atomic E-state index is 12.9. The largest absolute Gasteiger partial charge is 0.481 e. The Morgan fingerprint density at radius 2 is 1.86 bits per heavy atom. The summed E-state index contributed by atoms with van der Waals surface area (Å²) in [5.74, 6) is -0.517. The highest BCUT2D eigenvalue weighted by Crippen LogP contribution is 2.37. The highest BCUT2D eigenvalue weighted by atomic mass is 16.4. The van der Waals surface area contributed by atoms with Crippen molar-refractivity contribution in [3.8, 4) is 0 Å². The van der Waals surface area contributed by atoms with Crippen LogP contribution in [0.3, 0.4) is 0 Å². The molecule has 0 aliphatic carbocycles. The molecule has 0 saturated carbocycles. The van der Waals surface area contributed by atoms with Crippen LogP contribution in [0.1, 0.15) is 58.8 Å². The number of rotatable bonds is 5. The molecular formula is C16H28N2O3. The van der Waals surface area contributed by atoms with Crippen molar-refractivity contribution in [2.45, 2.75) is 64.3 Å². The van der Waals surface area contributed by atoms with Gasteiger partial charge in [0.15, 0.2) is 0 Å². The average molecular weight is 296 g/mol. The Bertz CT molecular complexity index is 394. The molecule has 1 unspecified atom stereocenters. The Labute approximate surface area is 127 Å². The zero-order chi connectivity index (χ0) is 15.5. The summed E-state index contributed by atoms with van der Waals surface area (Å²) in [4.78, 5) is 26.3. The third-order valence-electron chi connectivity index (χ3n) is 5.47. The average Bonchev–Trinajstić information content (AvgIpc) is 2.96. The van der Waals surface area contributed by atoms with Crippen molar-refractivity contribution in [3.05, 3.63) is 0 Å². The first-order chi connectivity index (χ1) is 9.99. The lowest BCUT2D eigenvalue weighted by Crippen LogP contribution is -2.57. The summed E-state index contributed by atoms with van der Waals surface area (Å²) in [6.07, 6.45) is 5.62. The lowest BCUT2D eigenvalue weighted by molar-refractivity contribution is -0.156. The molecule has 0 aromatic heterocycles. The number of carbonyl (C=O) groups excluding carboxylic acids is 1. The van der Waals surface area contributed by atoms with Crippen LogP contribution in [0.5, 0.6) is 0 Å². The number of carboxylic acid groups (broad SMARTS) is 1. The van der Waals surface area contributed by atoms with Crippen LogP contribution in [-0.2, 0) is 9.59 Å². The second kappa shape index (κ2) is 6.34. The van der Waals surface area contributed by atoms with Gasteiger partial charge in [-0.3, -0.25) is 9.59 Å². The van der Waals surface area contributed by atoms with E-state index in [-0.39, 0.29) is 11.4 Å². The molecule has 120 valence electrons. The quantitative estimate of drug-likeness (QED) is 0.814. The summed E-state index contributed by atoms with van der Waals surface area (Å²) in [7, 11) is 0. The van der Waals surface area contributed by atoms with E-state index in [2.05, 4.69) is 12.2 Å². The predicted molar refractivity (Wildman–Crippen MR) is 81.0 cm³/mol. The first kappa shape index (κ1) is 16.3. The lowest BCUT2D eigenvalue weighted by Gasteiger charge is -2.42. The molecule has 0 aromatic rings. The predicted octanol–water partition coefficient (Wildman–Crippen LogP) is 2.01. The summed E-state index contributed by atoms with van der Waals surface area (Å²) < 4.78 is 0. The van der Waals surface area contributed by atoms with Crippen molar-refractivity contribution in [2.24, 2.45) is 5.41 Å². The minimum Gasteiger partial charge on any atom is -0.481 e. The topological polar surface area (TPSA) is 69.6 Å². The highest BCUT2D eigenvalue weighted by Gasteiger charge is 2.46. The SMILES string of the molecule is CCCC1(C(=O)N2CCC(CC)(C(=O)O)CC2)CCCN1. The molecule has 0 aromatic carbocycles. The van der Waals surface area contributed by atoms with E-state index >= 15 is 0 Å². The van der Waals surface area contributed by atoms with E-state index in [0.29, 0.717) is 32.4 Å². The molecule has 2 saturated heterocycles. The van der Waals surface area contributed by atoms with Crippen molar-refractivity contribution < 1.29 is 14.7 Å². The van der Waals surface area contributed by atoms with Crippen molar-refractivity contribution in [1.29, 1.82) is 0 Å². The normalized spacial score (nSPS) is 28.6. The van der Waals surface area contributed by atoms with Gasteiger partial charge in [-0.2, -0.15) is 0 Å². The van der Waals surface area contributed by atoms with E-state index in [0.717, 1.165) is 32.2 Å². The minimum atomic E-state index is -0.709. The molecule has 5 nitrogen and oxygen atoms in total. The zero-order valence-corrected chi connectivity index (χ0v) is 13.3. The van der Waals surface area contributed by atoms with E-state index in [9.17, 15) is 14.7 Å². The third-order valence-corrected chi connectivity index (χ3v) is 5.47. The summed E-state index contributed by atoms with van der Waals surface area (Å²) in [5.41, 5.74) is -1.01. The van der Waals surface area contributed by atoms with Gasteiger partial charge in [-0.25, -0.2) is 0 Å². The molecule has 2 heterocycles. The van der Waals surface area contributed by atoms with Gasteiger partial charge in [0.25, 0.3) is 0 Å². The first-order valence-electron chi connectivity index (χ1n) is 8.27. The number of carboxylic acids is 1. The van der Waals surface area contributed by atoms with Crippen molar-refractivity contribution >= 4 is 11.9 Å². The Morgan fingerprint density at radius 1 is 1.19 bits per heavy atom. The molecule has 5 heteroatoms. The van der Waals surface area contributed by atoms with Gasteiger partial charge in [0, 0.05) is 13.1 Å². The van der Waals surface area contributed by atoms with Crippen molar-refractivity contribution in [2.75, 3.05) is 19.6 Å². The van der Waals surface area contributed by atoms with Gasteiger partial charge in [-0.15, -0.1) is 0 Å². The molecule has 1 amide bonds. The Morgan fingerprint density at radius 3 is 2.29 bits per heavy atom. The number of likely N-dealkylation sites (tertiary alicyclic amines) is 1. The van der Waals surface area contributed by atoms with Crippen LogP contribution in [-0.4, -0.2) is 47.1 Å². The molecule has 2 N–H and O–H groups in total. The van der Waals surface area contributed by atoms with Gasteiger partial charge in [0.1, 0.15) is 0 Å². The molecule has 2 aliphatic heterocycles. The second-order valence-corrected chi connectivity index (χ2v) is 6.59. The fraction of sp³-hybridized carbons (Fsp3) is 0.875. The van der Waals surface area contributed by atoms with Gasteiger partial charge in [0.05, 0.1) is 11.0 Å². The summed E-state index contributed by atoms with van der Waals surface area (Å²) in [6.45, 7) is 6.10. The van der Waals surface area contributed by atoms with E-state index in [1.54, 1.807) is 0 Å². The summed E-state index contributed by atoms with van der Waals surface area (Å²) in [6, 6.07) is 0. The van der Waals surface area contributed by atoms with Gasteiger partial charge >= 0.3 is 5.97 Å². The summed E-state index contributed by atoms with van der Waals surface area (Å²) >= 11 is 0. The Balaban J connectivity index is 2.04. The van der Waals surface area contributed by atoms with Crippen molar-refractivity contribution in [1.82, 2.24) is 10.2 Å². The van der Waals surface area contributed by atoms with Crippen LogP contribution in [0.4, 0.5) is 0 Å². The Kier molecular flexibility index (Phi) is 4.91. The molecule has 2 rings (SSSR count). The van der Waals surface area contributed by atoms with Crippen LogP contribution in [0, 0.1) is 5.41 Å². The number of hydrogen-bond acceptors (Lipinski definition) is 3. The molecule has 0 radical (unpaired) electrons. The molecule has 0 spiro atoms. The van der Waals surface area contributed by atoms with E-state index in [1.165, 1.54) is 0 Å². The third kappa shape index (κ3) is 2.93. The monoisotopic (exact) mass is 296 g/mol. The smallest absolute Gasteiger partial charge is 0.309 e. The summed E-state index contributed by atoms with van der Waals surface area (Å²) in [5, 5.41) is 12.9. The van der Waals surface area contributed by atoms with Crippen LogP contribution in [0.25, 0.3) is 0 Å². The number of aliphatic carboxylic acids is 1. The van der Waals surface area contributed by atoms with Gasteiger partial charge < -0.3 is 15.3 Å². The number of nitrogens with zero attached hydrogens (tertiary/aromatic N) is 1. The van der Waals surface area contributed by atoms with E-state index < -0.39 is 11.4 Å². The molecule has 21 heavy (non-hydrogen) atoms. The van der Waals surface area contributed by atoms with Crippen molar-refractivity contribution in [3.63, 3.8) is 0 Å². The standard InChI is InChI=1S/C16H28N2O3/c1-3-6-16(7-5-10-17-16)13(19)18-11-8-15(4-2,9-12-18)14(20)21/h17H,3-12H2,1-2H3,(H,20,21). The van der Waals surface area contributed by atoms with Crippen LogP contribution >= 0.6 is 0 Å². The molecule has 2 fully saturated rings. The van der Waals surface area contributed by atoms with E-state index in [1.807, 2.05) is 11.8 Å².